The zero-order valence-corrected chi connectivity index (χ0v) is 14.3. The van der Waals surface area contributed by atoms with E-state index in [4.69, 9.17) is 0 Å². The second kappa shape index (κ2) is 6.33. The van der Waals surface area contributed by atoms with Crippen molar-refractivity contribution in [3.8, 4) is 0 Å². The van der Waals surface area contributed by atoms with Crippen molar-refractivity contribution in [2.45, 2.75) is 31.2 Å². The fourth-order valence-electron chi connectivity index (χ4n) is 1.89. The Bertz CT molecular complexity index is 695. The van der Waals surface area contributed by atoms with E-state index in [9.17, 15) is 16.8 Å². The molecule has 0 aliphatic heterocycles. The molecular weight excluding hydrogens is 312 g/mol. The van der Waals surface area contributed by atoms with E-state index in [1.54, 1.807) is 39.0 Å². The lowest BCUT2D eigenvalue weighted by Gasteiger charge is -2.26. The third kappa shape index (κ3) is 5.64. The van der Waals surface area contributed by atoms with E-state index in [0.29, 0.717) is 5.69 Å². The van der Waals surface area contributed by atoms with Crippen molar-refractivity contribution in [1.29, 1.82) is 0 Å². The van der Waals surface area contributed by atoms with Crippen LogP contribution in [0.2, 0.25) is 0 Å². The third-order valence-corrected chi connectivity index (χ3v) is 5.49. The van der Waals surface area contributed by atoms with Gasteiger partial charge in [0.2, 0.25) is 10.0 Å². The lowest BCUT2D eigenvalue weighted by molar-refractivity contribution is 0.476. The van der Waals surface area contributed by atoms with Crippen molar-refractivity contribution in [1.82, 2.24) is 4.72 Å². The lowest BCUT2D eigenvalue weighted by atomic mass is 10.1. The van der Waals surface area contributed by atoms with Crippen LogP contribution < -0.4 is 10.0 Å². The number of anilines is 1. The van der Waals surface area contributed by atoms with Crippen LogP contribution in [0, 0.1) is 0 Å². The highest BCUT2D eigenvalue weighted by Gasteiger charge is 2.23. The van der Waals surface area contributed by atoms with E-state index in [1.165, 1.54) is 6.07 Å². The molecule has 1 aromatic carbocycles. The molecule has 6 nitrogen and oxygen atoms in total. The van der Waals surface area contributed by atoms with Gasteiger partial charge in [-0.25, -0.2) is 21.6 Å². The first-order chi connectivity index (χ1) is 9.47. The summed E-state index contributed by atoms with van der Waals surface area (Å²) in [5, 5.41) is 3.01. The van der Waals surface area contributed by atoms with Gasteiger partial charge in [-0.05, 0) is 26.0 Å². The molecule has 1 aromatic rings. The molecule has 1 rings (SSSR count). The highest BCUT2D eigenvalue weighted by Crippen LogP contribution is 2.22. The number of hydrogen-bond acceptors (Lipinski definition) is 5. The molecule has 0 aliphatic rings. The molecule has 0 saturated heterocycles. The van der Waals surface area contributed by atoms with Gasteiger partial charge in [0.25, 0.3) is 0 Å². The number of sulfone groups is 1. The zero-order valence-electron chi connectivity index (χ0n) is 12.7. The highest BCUT2D eigenvalue weighted by molar-refractivity contribution is 7.91. The number of para-hydroxylation sites is 1. The Morgan fingerprint density at radius 2 is 1.67 bits per heavy atom. The van der Waals surface area contributed by atoms with Crippen LogP contribution >= 0.6 is 0 Å². The van der Waals surface area contributed by atoms with Gasteiger partial charge >= 0.3 is 0 Å². The smallest absolute Gasteiger partial charge is 0.209 e. The van der Waals surface area contributed by atoms with Crippen molar-refractivity contribution >= 4 is 25.5 Å². The van der Waals surface area contributed by atoms with Crippen LogP contribution in [-0.4, -0.2) is 40.9 Å². The largest absolute Gasteiger partial charge is 0.382 e. The van der Waals surface area contributed by atoms with Crippen molar-refractivity contribution in [2.24, 2.45) is 0 Å². The molecular formula is C13H22N2O4S2. The van der Waals surface area contributed by atoms with Gasteiger partial charge in [0.05, 0.1) is 22.6 Å². The average Bonchev–Trinajstić information content (AvgIpc) is 2.34. The van der Waals surface area contributed by atoms with E-state index < -0.39 is 25.4 Å². The van der Waals surface area contributed by atoms with Gasteiger partial charge in [0, 0.05) is 12.1 Å². The first kappa shape index (κ1) is 17.9. The van der Waals surface area contributed by atoms with Crippen molar-refractivity contribution in [3.63, 3.8) is 0 Å². The monoisotopic (exact) mass is 334 g/mol. The Morgan fingerprint density at radius 1 is 1.10 bits per heavy atom. The number of hydrogen-bond donors (Lipinski definition) is 2. The summed E-state index contributed by atoms with van der Waals surface area (Å²) in [4.78, 5) is 0.225. The summed E-state index contributed by atoms with van der Waals surface area (Å²) in [7, 11) is -6.67. The van der Waals surface area contributed by atoms with Crippen LogP contribution in [0.5, 0.6) is 0 Å². The maximum absolute atomic E-state index is 12.0. The standard InChI is InChI=1S/C13H22N2O4S2/c1-5-21(18,19)12-9-7-6-8-11(12)14-10-13(2,3)15-20(4,16)17/h6-9,14-15H,5,10H2,1-4H3. The zero-order chi connectivity index (χ0) is 16.3. The molecule has 0 heterocycles. The normalized spacial score (nSPS) is 13.1. The van der Waals surface area contributed by atoms with Gasteiger partial charge in [0.1, 0.15) is 0 Å². The van der Waals surface area contributed by atoms with Gasteiger partial charge in [-0.2, -0.15) is 0 Å². The molecule has 0 radical (unpaired) electrons. The minimum atomic E-state index is -3.34. The maximum atomic E-state index is 12.0. The predicted octanol–water partition coefficient (Wildman–Crippen LogP) is 1.22. The van der Waals surface area contributed by atoms with Crippen LogP contribution in [0.15, 0.2) is 29.2 Å². The highest BCUT2D eigenvalue weighted by atomic mass is 32.2. The van der Waals surface area contributed by atoms with Crippen molar-refractivity contribution < 1.29 is 16.8 Å². The minimum absolute atomic E-state index is 0.0106. The summed E-state index contributed by atoms with van der Waals surface area (Å²) in [6.07, 6.45) is 1.09. The van der Waals surface area contributed by atoms with E-state index in [1.807, 2.05) is 0 Å². The second-order valence-corrected chi connectivity index (χ2v) is 9.51. The summed E-state index contributed by atoms with van der Waals surface area (Å²) in [5.74, 6) is 0.0106. The molecule has 0 saturated carbocycles. The Morgan fingerprint density at radius 3 is 2.19 bits per heavy atom. The Kier molecular flexibility index (Phi) is 5.40. The Hall–Kier alpha value is -1.12. The van der Waals surface area contributed by atoms with Crippen LogP contribution in [0.4, 0.5) is 5.69 Å². The average molecular weight is 334 g/mol. The number of rotatable bonds is 7. The fraction of sp³-hybridized carbons (Fsp3) is 0.538. The summed E-state index contributed by atoms with van der Waals surface area (Å²) in [6.45, 7) is 5.29. The fourth-order valence-corrected chi connectivity index (χ4v) is 4.04. The quantitative estimate of drug-likeness (QED) is 0.782. The van der Waals surface area contributed by atoms with Gasteiger partial charge in [-0.15, -0.1) is 0 Å². The van der Waals surface area contributed by atoms with E-state index in [0.717, 1.165) is 6.26 Å². The van der Waals surface area contributed by atoms with Crippen LogP contribution in [-0.2, 0) is 19.9 Å². The van der Waals surface area contributed by atoms with Gasteiger partial charge < -0.3 is 5.32 Å². The number of sulfonamides is 1. The molecule has 0 aromatic heterocycles. The van der Waals surface area contributed by atoms with Gasteiger partial charge in [0.15, 0.2) is 9.84 Å². The molecule has 21 heavy (non-hydrogen) atoms. The number of nitrogens with one attached hydrogen (secondary N) is 2. The summed E-state index contributed by atoms with van der Waals surface area (Å²) >= 11 is 0. The molecule has 120 valence electrons. The van der Waals surface area contributed by atoms with Crippen molar-refractivity contribution in [3.05, 3.63) is 24.3 Å². The molecule has 0 amide bonds. The molecule has 8 heteroatoms. The topological polar surface area (TPSA) is 92.3 Å². The summed E-state index contributed by atoms with van der Waals surface area (Å²) in [6, 6.07) is 6.60. The molecule has 2 N–H and O–H groups in total. The first-order valence-corrected chi connectivity index (χ1v) is 10.1. The summed E-state index contributed by atoms with van der Waals surface area (Å²) in [5.41, 5.74) is -0.265. The van der Waals surface area contributed by atoms with Gasteiger partial charge in [-0.1, -0.05) is 19.1 Å². The second-order valence-electron chi connectivity index (χ2n) is 5.51. The first-order valence-electron chi connectivity index (χ1n) is 6.51. The van der Waals surface area contributed by atoms with E-state index >= 15 is 0 Å². The predicted molar refractivity (Wildman–Crippen MR) is 84.7 cm³/mol. The molecule has 0 atom stereocenters. The lowest BCUT2D eigenvalue weighted by Crippen LogP contribution is -2.47. The molecule has 0 aliphatic carbocycles. The molecule has 0 spiro atoms. The SMILES string of the molecule is CCS(=O)(=O)c1ccccc1NCC(C)(C)NS(C)(=O)=O. The Labute approximate surface area is 126 Å². The molecule has 0 fully saturated rings. The van der Waals surface area contributed by atoms with Crippen LogP contribution in [0.25, 0.3) is 0 Å². The van der Waals surface area contributed by atoms with E-state index in [-0.39, 0.29) is 17.2 Å². The Balaban J connectivity index is 2.96. The maximum Gasteiger partial charge on any atom is 0.209 e. The molecule has 0 unspecified atom stereocenters. The van der Waals surface area contributed by atoms with Crippen molar-refractivity contribution in [2.75, 3.05) is 23.9 Å². The minimum Gasteiger partial charge on any atom is -0.382 e. The summed E-state index contributed by atoms with van der Waals surface area (Å²) < 4.78 is 49.1. The van der Waals surface area contributed by atoms with Crippen LogP contribution in [0.1, 0.15) is 20.8 Å². The van der Waals surface area contributed by atoms with Gasteiger partial charge in [-0.3, -0.25) is 0 Å². The van der Waals surface area contributed by atoms with Crippen LogP contribution in [0.3, 0.4) is 0 Å². The molecule has 0 bridgehead atoms. The number of benzene rings is 1. The third-order valence-electron chi connectivity index (χ3n) is 2.78. The van der Waals surface area contributed by atoms with E-state index in [2.05, 4.69) is 10.0 Å².